The molecular weight excluding hydrogens is 339 g/mol. The van der Waals surface area contributed by atoms with Crippen LogP contribution >= 0.6 is 0 Å². The van der Waals surface area contributed by atoms with E-state index >= 15 is 0 Å². The van der Waals surface area contributed by atoms with E-state index in [-0.39, 0.29) is 0 Å². The van der Waals surface area contributed by atoms with Crippen LogP contribution in [-0.2, 0) is 11.0 Å². The van der Waals surface area contributed by atoms with E-state index in [1.807, 2.05) is 18.2 Å². The van der Waals surface area contributed by atoms with Crippen LogP contribution in [0.4, 0.5) is 0 Å². The normalized spacial score (nSPS) is 11.3. The van der Waals surface area contributed by atoms with Gasteiger partial charge in [0.2, 0.25) is 0 Å². The van der Waals surface area contributed by atoms with E-state index in [4.69, 9.17) is 4.74 Å². The summed E-state index contributed by atoms with van der Waals surface area (Å²) in [6, 6.07) is 18.9. The van der Waals surface area contributed by atoms with Crippen molar-refractivity contribution >= 4 is 18.4 Å². The Kier molecular flexibility index (Phi) is 4.92. The Bertz CT molecular complexity index is 497. The minimum absolute atomic E-state index is 0.638. The summed E-state index contributed by atoms with van der Waals surface area (Å²) in [6.45, 7) is 0.638. The Morgan fingerprint density at radius 2 is 1.42 bits per heavy atom. The molecule has 19 heavy (non-hydrogen) atoms. The second kappa shape index (κ2) is 6.46. The molecule has 0 amide bonds. The van der Waals surface area contributed by atoms with Crippen LogP contribution in [0.2, 0.25) is 14.8 Å². The van der Waals surface area contributed by atoms with Gasteiger partial charge < -0.3 is 0 Å². The molecule has 0 aromatic heterocycles. The Morgan fingerprint density at radius 1 is 0.789 bits per heavy atom. The van der Waals surface area contributed by atoms with E-state index in [0.29, 0.717) is 6.61 Å². The van der Waals surface area contributed by atoms with Crippen LogP contribution < -0.4 is 4.74 Å². The fourth-order valence-electron chi connectivity index (χ4n) is 2.06. The molecule has 0 fully saturated rings. The fraction of sp³-hybridized carbons (Fsp3) is 0.294. The Labute approximate surface area is 120 Å². The van der Waals surface area contributed by atoms with Gasteiger partial charge in [0, 0.05) is 0 Å². The maximum atomic E-state index is 5.79. The zero-order chi connectivity index (χ0) is 13.7. The molecule has 0 N–H and O–H groups in total. The van der Waals surface area contributed by atoms with E-state index in [1.54, 1.807) is 0 Å². The molecule has 2 aromatic carbocycles. The zero-order valence-electron chi connectivity index (χ0n) is 12.0. The minimum atomic E-state index is -1.72. The number of benzene rings is 2. The van der Waals surface area contributed by atoms with Crippen LogP contribution in [0.25, 0.3) is 0 Å². The molecule has 0 unspecified atom stereocenters. The standard InChI is InChI=1S/C14H13O.3CH3.Sn/c1-12-7-9-14(10-8-12)15-11-13-5-3-2-4-6-13;;;;/h2-10H,1,11H2;3*1H3;. The van der Waals surface area contributed by atoms with Crippen molar-refractivity contribution in [2.24, 2.45) is 0 Å². The molecule has 100 valence electrons. The van der Waals surface area contributed by atoms with Gasteiger partial charge >= 0.3 is 120 Å². The van der Waals surface area contributed by atoms with Crippen molar-refractivity contribution in [2.45, 2.75) is 25.9 Å². The molecule has 0 aliphatic rings. The van der Waals surface area contributed by atoms with Gasteiger partial charge in [0.05, 0.1) is 0 Å². The van der Waals surface area contributed by atoms with Crippen molar-refractivity contribution in [3.05, 3.63) is 65.7 Å². The van der Waals surface area contributed by atoms with Crippen molar-refractivity contribution < 1.29 is 4.74 Å². The quantitative estimate of drug-likeness (QED) is 0.703. The zero-order valence-corrected chi connectivity index (χ0v) is 14.9. The predicted molar refractivity (Wildman–Crippen MR) is 84.3 cm³/mol. The van der Waals surface area contributed by atoms with Gasteiger partial charge in [0.15, 0.2) is 0 Å². The summed E-state index contributed by atoms with van der Waals surface area (Å²) in [4.78, 5) is 7.40. The third-order valence-corrected chi connectivity index (χ3v) is 7.10. The van der Waals surface area contributed by atoms with Crippen LogP contribution in [0.3, 0.4) is 0 Å². The van der Waals surface area contributed by atoms with Crippen LogP contribution in [0.5, 0.6) is 5.75 Å². The second-order valence-corrected chi connectivity index (χ2v) is 21.8. The number of hydrogen-bond donors (Lipinski definition) is 0. The van der Waals surface area contributed by atoms with E-state index in [1.165, 1.54) is 15.6 Å². The summed E-state index contributed by atoms with van der Waals surface area (Å²) in [6.07, 6.45) is 0. The van der Waals surface area contributed by atoms with Crippen molar-refractivity contribution in [1.29, 1.82) is 0 Å². The molecule has 2 aromatic rings. The molecule has 0 bridgehead atoms. The van der Waals surface area contributed by atoms with Gasteiger partial charge in [-0.25, -0.2) is 0 Å². The average molecular weight is 361 g/mol. The van der Waals surface area contributed by atoms with E-state index < -0.39 is 18.4 Å². The number of rotatable bonds is 5. The molecule has 0 saturated carbocycles. The first-order chi connectivity index (χ1) is 9.03. The van der Waals surface area contributed by atoms with Gasteiger partial charge in [0.25, 0.3) is 0 Å². The van der Waals surface area contributed by atoms with Crippen LogP contribution in [0.1, 0.15) is 11.1 Å². The molecule has 0 aliphatic heterocycles. The van der Waals surface area contributed by atoms with Gasteiger partial charge in [0.1, 0.15) is 0 Å². The van der Waals surface area contributed by atoms with E-state index in [2.05, 4.69) is 51.2 Å². The topological polar surface area (TPSA) is 9.23 Å². The van der Waals surface area contributed by atoms with E-state index in [0.717, 1.165) is 5.75 Å². The molecule has 2 rings (SSSR count). The third kappa shape index (κ3) is 5.27. The summed E-state index contributed by atoms with van der Waals surface area (Å²) in [5, 5.41) is 0. The molecule has 0 saturated heterocycles. The van der Waals surface area contributed by atoms with E-state index in [9.17, 15) is 0 Å². The molecule has 0 radical (unpaired) electrons. The molecular formula is C17H22OSn. The number of ether oxygens (including phenoxy) is 1. The second-order valence-electron chi connectivity index (χ2n) is 6.16. The fourth-order valence-corrected chi connectivity index (χ4v) is 6.23. The van der Waals surface area contributed by atoms with Crippen molar-refractivity contribution in [1.82, 2.24) is 0 Å². The summed E-state index contributed by atoms with van der Waals surface area (Å²) < 4.78 is 7.09. The Balaban J connectivity index is 1.92. The first-order valence-electron chi connectivity index (χ1n) is 6.79. The summed E-state index contributed by atoms with van der Waals surface area (Å²) in [7, 11) is 0. The molecule has 0 heterocycles. The van der Waals surface area contributed by atoms with Crippen LogP contribution in [0, 0.1) is 0 Å². The van der Waals surface area contributed by atoms with Crippen molar-refractivity contribution in [3.63, 3.8) is 0 Å². The Morgan fingerprint density at radius 3 is 2.00 bits per heavy atom. The Hall–Kier alpha value is -0.961. The van der Waals surface area contributed by atoms with Crippen LogP contribution in [-0.4, -0.2) is 18.4 Å². The average Bonchev–Trinajstić information content (AvgIpc) is 2.37. The van der Waals surface area contributed by atoms with Gasteiger partial charge in [-0.3, -0.25) is 0 Å². The van der Waals surface area contributed by atoms with Gasteiger partial charge in [-0.15, -0.1) is 0 Å². The predicted octanol–water partition coefficient (Wildman–Crippen LogP) is 4.69. The van der Waals surface area contributed by atoms with Gasteiger partial charge in [-0.1, -0.05) is 0 Å². The van der Waals surface area contributed by atoms with Gasteiger partial charge in [-0.05, 0) is 0 Å². The summed E-state index contributed by atoms with van der Waals surface area (Å²) >= 11 is -1.72. The summed E-state index contributed by atoms with van der Waals surface area (Å²) in [5.74, 6) is 0.955. The monoisotopic (exact) mass is 362 g/mol. The summed E-state index contributed by atoms with van der Waals surface area (Å²) in [5.41, 5.74) is 2.66. The van der Waals surface area contributed by atoms with Crippen molar-refractivity contribution in [2.75, 3.05) is 0 Å². The first kappa shape index (κ1) is 14.4. The van der Waals surface area contributed by atoms with Gasteiger partial charge in [-0.2, -0.15) is 0 Å². The third-order valence-electron chi connectivity index (χ3n) is 2.91. The van der Waals surface area contributed by atoms with Crippen LogP contribution in [0.15, 0.2) is 54.6 Å². The molecule has 2 heteroatoms. The maximum absolute atomic E-state index is 5.79. The van der Waals surface area contributed by atoms with Crippen molar-refractivity contribution in [3.8, 4) is 5.75 Å². The molecule has 0 aliphatic carbocycles. The SMILES string of the molecule is [CH3][Sn]([CH3])([CH3])[CH2]c1ccc(OCc2ccccc2)cc1. The molecule has 0 atom stereocenters. The molecule has 1 nitrogen and oxygen atoms in total. The number of hydrogen-bond acceptors (Lipinski definition) is 1. The molecule has 0 spiro atoms. The first-order valence-corrected chi connectivity index (χ1v) is 17.4.